The Morgan fingerprint density at radius 3 is 0.812 bits per heavy atom. The zero-order valence-electron chi connectivity index (χ0n) is 17.5. The zero-order valence-corrected chi connectivity index (χ0v) is 17.5. The Labute approximate surface area is 191 Å². The molecule has 0 aliphatic heterocycles. The fraction of sp³-hybridized carbons (Fsp3) is 0. The first-order valence-corrected chi connectivity index (χ1v) is 10.1. The molecule has 0 heteroatoms. The van der Waals surface area contributed by atoms with Crippen LogP contribution in [0.4, 0.5) is 0 Å². The minimum absolute atomic E-state index is 1.05. The van der Waals surface area contributed by atoms with Gasteiger partial charge in [-0.2, -0.15) is 0 Å². The average molecular weight is 405 g/mol. The van der Waals surface area contributed by atoms with Crippen LogP contribution >= 0.6 is 0 Å². The van der Waals surface area contributed by atoms with Crippen molar-refractivity contribution in [1.29, 1.82) is 0 Å². The van der Waals surface area contributed by atoms with Gasteiger partial charge in [-0.15, -0.1) is 0 Å². The summed E-state index contributed by atoms with van der Waals surface area (Å²) in [6, 6.07) is 0. The first-order valence-electron chi connectivity index (χ1n) is 10.1. The van der Waals surface area contributed by atoms with Crippen LogP contribution in [-0.2, 0) is 0 Å². The molecule has 0 aromatic heterocycles. The van der Waals surface area contributed by atoms with Crippen molar-refractivity contribution < 1.29 is 0 Å². The molecule has 0 unspecified atom stereocenters. The van der Waals surface area contributed by atoms with E-state index in [-0.39, 0.29) is 0 Å². The van der Waals surface area contributed by atoms with Gasteiger partial charge in [0.1, 0.15) is 0 Å². The number of fused-ring (bicyclic) bond motifs is 2. The lowest BCUT2D eigenvalue weighted by molar-refractivity contribution is 1.60. The lowest BCUT2D eigenvalue weighted by Crippen LogP contribution is -1.77. The van der Waals surface area contributed by atoms with Crippen LogP contribution in [0.3, 0.4) is 0 Å². The maximum absolute atomic E-state index is 2.95. The van der Waals surface area contributed by atoms with E-state index in [1.54, 1.807) is 24.3 Å². The van der Waals surface area contributed by atoms with Gasteiger partial charge in [0.15, 0.2) is 0 Å². The Morgan fingerprint density at radius 1 is 0.312 bits per heavy atom. The molecule has 0 saturated heterocycles. The summed E-state index contributed by atoms with van der Waals surface area (Å²) < 4.78 is 0. The van der Waals surface area contributed by atoms with Gasteiger partial charge in [0.05, 0.1) is 0 Å². The molecule has 0 amide bonds. The van der Waals surface area contributed by atoms with Crippen LogP contribution in [0, 0.1) is 47.4 Å². The first kappa shape index (κ1) is 21.8. The summed E-state index contributed by atoms with van der Waals surface area (Å²) in [5.74, 6) is 23.2. The van der Waals surface area contributed by atoms with Crippen LogP contribution in [0.2, 0.25) is 0 Å². The van der Waals surface area contributed by atoms with E-state index >= 15 is 0 Å². The Kier molecular flexibility index (Phi) is 9.11. The molecule has 3 aliphatic carbocycles. The molecule has 0 saturated carbocycles. The van der Waals surface area contributed by atoms with E-state index in [0.29, 0.717) is 0 Å². The third-order valence-electron chi connectivity index (χ3n) is 4.16. The Balaban J connectivity index is 1.90. The Hall–Kier alpha value is -4.88. The molecule has 0 nitrogen and oxygen atoms in total. The third-order valence-corrected chi connectivity index (χ3v) is 4.16. The quantitative estimate of drug-likeness (QED) is 0.422. The summed E-state index contributed by atoms with van der Waals surface area (Å²) in [6.45, 7) is 0. The van der Waals surface area contributed by atoms with Crippen LogP contribution in [0.1, 0.15) is 0 Å². The molecule has 32 heavy (non-hydrogen) atoms. The Morgan fingerprint density at radius 2 is 0.562 bits per heavy atom. The van der Waals surface area contributed by atoms with E-state index in [0.717, 1.165) is 22.3 Å². The highest BCUT2D eigenvalue weighted by atomic mass is 14.0. The molecule has 0 aromatic carbocycles. The van der Waals surface area contributed by atoms with Gasteiger partial charge in [-0.05, 0) is 94.6 Å². The smallest absolute Gasteiger partial charge is 0.0102 e. The van der Waals surface area contributed by atoms with Crippen LogP contribution in [-0.4, -0.2) is 0 Å². The van der Waals surface area contributed by atoms with Crippen molar-refractivity contribution in [3.63, 3.8) is 0 Å². The average Bonchev–Trinajstić information content (AvgIpc) is 2.76. The lowest BCUT2D eigenvalue weighted by Gasteiger charge is -1.96. The Bertz CT molecular complexity index is 1130. The number of rotatable bonds is 0. The van der Waals surface area contributed by atoms with Crippen molar-refractivity contribution in [2.75, 3.05) is 0 Å². The van der Waals surface area contributed by atoms with Crippen molar-refractivity contribution >= 4 is 0 Å². The summed E-state index contributed by atoms with van der Waals surface area (Å²) in [5, 5.41) is 0. The molecule has 0 aromatic rings. The molecule has 0 N–H and O–H groups in total. The highest BCUT2D eigenvalue weighted by Crippen LogP contribution is 2.10. The minimum atomic E-state index is 1.05. The van der Waals surface area contributed by atoms with Gasteiger partial charge >= 0.3 is 0 Å². The van der Waals surface area contributed by atoms with Crippen LogP contribution in [0.5, 0.6) is 0 Å². The topological polar surface area (TPSA) is 0 Å². The van der Waals surface area contributed by atoms with Gasteiger partial charge in [-0.3, -0.25) is 0 Å². The van der Waals surface area contributed by atoms with Crippen molar-refractivity contribution in [2.24, 2.45) is 0 Å². The second kappa shape index (κ2) is 13.4. The summed E-state index contributed by atoms with van der Waals surface area (Å²) in [5.41, 5.74) is 4.19. The first-order chi connectivity index (χ1) is 15.9. The number of allylic oxidation sites excluding steroid dienone is 24. The van der Waals surface area contributed by atoms with Gasteiger partial charge in [0, 0.05) is 0 Å². The van der Waals surface area contributed by atoms with Crippen molar-refractivity contribution in [2.45, 2.75) is 0 Å². The molecular formula is C32H20. The number of hydrogen-bond acceptors (Lipinski definition) is 0. The maximum atomic E-state index is 2.95. The largest absolute Gasteiger partial charge is 0.0617 e. The summed E-state index contributed by atoms with van der Waals surface area (Å²) in [7, 11) is 0. The van der Waals surface area contributed by atoms with Crippen molar-refractivity contribution in [3.05, 3.63) is 144 Å². The summed E-state index contributed by atoms with van der Waals surface area (Å²) in [6.07, 6.45) is 39.3. The van der Waals surface area contributed by atoms with Crippen LogP contribution in [0.25, 0.3) is 0 Å². The van der Waals surface area contributed by atoms with Gasteiger partial charge in [-0.25, -0.2) is 0 Å². The highest BCUT2D eigenvalue weighted by Gasteiger charge is 1.90. The highest BCUT2D eigenvalue weighted by molar-refractivity contribution is 5.49. The predicted molar refractivity (Wildman–Crippen MR) is 137 cm³/mol. The van der Waals surface area contributed by atoms with E-state index in [1.165, 1.54) is 0 Å². The van der Waals surface area contributed by atoms with Crippen molar-refractivity contribution in [3.8, 4) is 47.4 Å². The third kappa shape index (κ3) is 8.64. The second-order valence-electron chi connectivity index (χ2n) is 6.51. The molecular weight excluding hydrogens is 384 g/mol. The molecule has 0 fully saturated rings. The van der Waals surface area contributed by atoms with Crippen LogP contribution < -0.4 is 0 Å². The fourth-order valence-electron chi connectivity index (χ4n) is 2.58. The molecule has 0 heterocycles. The molecule has 3 aliphatic rings. The van der Waals surface area contributed by atoms with E-state index in [9.17, 15) is 0 Å². The van der Waals surface area contributed by atoms with E-state index in [2.05, 4.69) is 47.4 Å². The zero-order chi connectivity index (χ0) is 22.1. The SMILES string of the molecule is C1#C/C=C\C2=CC=C(/C=C\C#CC#C\C=C/C3=C/C=C(/C=C\C#C1)\C=C/C=C\3)/C=C\C=C/2. The summed E-state index contributed by atoms with van der Waals surface area (Å²) in [4.78, 5) is 0. The van der Waals surface area contributed by atoms with Crippen LogP contribution in [0.15, 0.2) is 144 Å². The molecule has 3 rings (SSSR count). The molecule has 0 spiro atoms. The maximum Gasteiger partial charge on any atom is -0.0102 e. The number of hydrogen-bond donors (Lipinski definition) is 0. The van der Waals surface area contributed by atoms with Crippen molar-refractivity contribution in [1.82, 2.24) is 0 Å². The van der Waals surface area contributed by atoms with Gasteiger partial charge < -0.3 is 0 Å². The monoisotopic (exact) mass is 404 g/mol. The van der Waals surface area contributed by atoms with E-state index < -0.39 is 0 Å². The molecule has 4 bridgehead atoms. The van der Waals surface area contributed by atoms with Gasteiger partial charge in [0.2, 0.25) is 0 Å². The van der Waals surface area contributed by atoms with E-state index in [1.807, 2.05) is 97.2 Å². The summed E-state index contributed by atoms with van der Waals surface area (Å²) >= 11 is 0. The van der Waals surface area contributed by atoms with Gasteiger partial charge in [0.25, 0.3) is 0 Å². The molecule has 0 radical (unpaired) electrons. The molecule has 148 valence electrons. The lowest BCUT2D eigenvalue weighted by atomic mass is 10.1. The van der Waals surface area contributed by atoms with E-state index in [4.69, 9.17) is 0 Å². The normalized spacial score (nSPS) is 27.8. The standard InChI is InChI=1S/C32H20/c1-2-6-10-18-30-22-15-16-24-32(28-27-30)20-12-8-4-3-7-11-19-31-23-14-13-21-29(25-26-31)17-9-5-1/h9-28H/b14-13?,16-15?,17-9-,18-10-,19-11-,20-12-,21-13-,22-15-,23-14-,24-16-,26-25?,28-27?,29-17?,29-21?,29-25-,30-18?,30-22?,30-27?,31-19?,31-23?,31-26-,32-20?,32-24?,32-28?. The predicted octanol–water partition coefficient (Wildman–Crippen LogP) is 6.20. The van der Waals surface area contributed by atoms with Gasteiger partial charge in [-0.1, -0.05) is 96.6 Å². The second-order valence-corrected chi connectivity index (χ2v) is 6.51. The minimum Gasteiger partial charge on any atom is -0.0617 e. The fourth-order valence-corrected chi connectivity index (χ4v) is 2.58. The molecule has 0 atom stereocenters.